The Morgan fingerprint density at radius 3 is 2.75 bits per heavy atom. The van der Waals surface area contributed by atoms with Gasteiger partial charge in [0.2, 0.25) is 5.91 Å². The van der Waals surface area contributed by atoms with Crippen molar-refractivity contribution >= 4 is 39.3 Å². The van der Waals surface area contributed by atoms with Crippen LogP contribution in [0.1, 0.15) is 6.92 Å². The number of benzene rings is 2. The maximum absolute atomic E-state index is 12.2. The van der Waals surface area contributed by atoms with E-state index in [1.54, 1.807) is 6.20 Å². The Labute approximate surface area is 152 Å². The van der Waals surface area contributed by atoms with E-state index in [4.69, 9.17) is 4.42 Å². The second-order valence-corrected chi connectivity index (χ2v) is 7.32. The van der Waals surface area contributed by atoms with Crippen molar-refractivity contribution in [1.29, 1.82) is 0 Å². The van der Waals surface area contributed by atoms with Crippen LogP contribution in [-0.2, 0) is 4.79 Å². The highest BCUT2D eigenvalue weighted by molar-refractivity contribution is 9.10. The molecule has 0 saturated heterocycles. The molecule has 0 aliphatic heterocycles. The van der Waals surface area contributed by atoms with Crippen molar-refractivity contribution < 1.29 is 9.21 Å². The molecule has 6 heteroatoms. The summed E-state index contributed by atoms with van der Waals surface area (Å²) in [5, 5.41) is 3.03. The molecule has 24 heavy (non-hydrogen) atoms. The number of nitrogens with one attached hydrogen (secondary N) is 1. The minimum atomic E-state index is -0.320. The first-order valence-electron chi connectivity index (χ1n) is 7.36. The average Bonchev–Trinajstić information content (AvgIpc) is 3.04. The Morgan fingerprint density at radius 2 is 2.00 bits per heavy atom. The molecule has 122 valence electrons. The highest BCUT2D eigenvalue weighted by Gasteiger charge is 2.18. The van der Waals surface area contributed by atoms with Crippen LogP contribution in [0, 0.1) is 0 Å². The van der Waals surface area contributed by atoms with Gasteiger partial charge in [-0.3, -0.25) is 4.79 Å². The minimum Gasteiger partial charge on any atom is -0.431 e. The number of carbonyl (C=O) groups is 1. The van der Waals surface area contributed by atoms with Gasteiger partial charge in [-0.25, -0.2) is 4.98 Å². The fraction of sp³-hybridized carbons (Fsp3) is 0.111. The molecule has 3 rings (SSSR count). The molecule has 1 heterocycles. The highest BCUT2D eigenvalue weighted by atomic mass is 79.9. The van der Waals surface area contributed by atoms with Crippen LogP contribution in [0.5, 0.6) is 0 Å². The first-order chi connectivity index (χ1) is 11.6. The number of carbonyl (C=O) groups excluding carboxylic acids is 1. The number of hydrogen-bond donors (Lipinski definition) is 1. The van der Waals surface area contributed by atoms with Gasteiger partial charge >= 0.3 is 0 Å². The molecule has 0 aliphatic carbocycles. The summed E-state index contributed by atoms with van der Waals surface area (Å²) in [6, 6.07) is 17.2. The SMILES string of the molecule is CC(Sc1ncc(-c2cccc(Br)c2)o1)C(=O)Nc1ccccc1. The number of halogens is 1. The molecule has 2 aromatic carbocycles. The molecule has 1 aromatic heterocycles. The number of rotatable bonds is 5. The van der Waals surface area contributed by atoms with E-state index in [1.807, 2.05) is 61.5 Å². The third-order valence-electron chi connectivity index (χ3n) is 3.28. The normalized spacial score (nSPS) is 11.9. The van der Waals surface area contributed by atoms with Gasteiger partial charge in [0.1, 0.15) is 0 Å². The van der Waals surface area contributed by atoms with E-state index in [0.717, 1.165) is 15.7 Å². The summed E-state index contributed by atoms with van der Waals surface area (Å²) >= 11 is 4.73. The Morgan fingerprint density at radius 1 is 1.21 bits per heavy atom. The first-order valence-corrected chi connectivity index (χ1v) is 9.03. The van der Waals surface area contributed by atoms with Gasteiger partial charge in [0.25, 0.3) is 5.22 Å². The van der Waals surface area contributed by atoms with Crippen molar-refractivity contribution in [3.63, 3.8) is 0 Å². The summed E-state index contributed by atoms with van der Waals surface area (Å²) in [6.07, 6.45) is 1.67. The van der Waals surface area contributed by atoms with E-state index in [0.29, 0.717) is 11.0 Å². The fourth-order valence-corrected chi connectivity index (χ4v) is 3.18. The number of nitrogens with zero attached hydrogens (tertiary/aromatic N) is 1. The van der Waals surface area contributed by atoms with Gasteiger partial charge in [-0.05, 0) is 31.2 Å². The Hall–Kier alpha value is -2.05. The lowest BCUT2D eigenvalue weighted by Gasteiger charge is -2.09. The predicted molar refractivity (Wildman–Crippen MR) is 100 cm³/mol. The van der Waals surface area contributed by atoms with Crippen molar-refractivity contribution in [3.05, 3.63) is 65.3 Å². The van der Waals surface area contributed by atoms with Crippen LogP contribution in [0.25, 0.3) is 11.3 Å². The smallest absolute Gasteiger partial charge is 0.256 e. The highest BCUT2D eigenvalue weighted by Crippen LogP contribution is 2.29. The summed E-state index contributed by atoms with van der Waals surface area (Å²) in [6.45, 7) is 1.83. The molecule has 1 atom stereocenters. The zero-order valence-corrected chi connectivity index (χ0v) is 15.3. The van der Waals surface area contributed by atoms with Crippen molar-refractivity contribution in [1.82, 2.24) is 4.98 Å². The molecule has 0 radical (unpaired) electrons. The Balaban J connectivity index is 1.65. The molecule has 3 aromatic rings. The number of aromatic nitrogens is 1. The lowest BCUT2D eigenvalue weighted by atomic mass is 10.2. The van der Waals surface area contributed by atoms with Gasteiger partial charge in [0.15, 0.2) is 5.76 Å². The maximum atomic E-state index is 12.2. The molecular weight excluding hydrogens is 388 g/mol. The van der Waals surface area contributed by atoms with Crippen LogP contribution in [0.2, 0.25) is 0 Å². The molecule has 1 unspecified atom stereocenters. The van der Waals surface area contributed by atoms with Crippen molar-refractivity contribution in [2.75, 3.05) is 5.32 Å². The summed E-state index contributed by atoms with van der Waals surface area (Å²) in [5.74, 6) is 0.586. The molecule has 0 bridgehead atoms. The van der Waals surface area contributed by atoms with Crippen LogP contribution in [0.15, 0.2) is 74.9 Å². The molecule has 0 spiro atoms. The molecule has 1 N–H and O–H groups in total. The third kappa shape index (κ3) is 4.27. The second kappa shape index (κ2) is 7.68. The quantitative estimate of drug-likeness (QED) is 0.594. The molecule has 0 saturated carbocycles. The maximum Gasteiger partial charge on any atom is 0.256 e. The van der Waals surface area contributed by atoms with Gasteiger partial charge in [0, 0.05) is 15.7 Å². The standard InChI is InChI=1S/C18H15BrN2O2S/c1-12(17(22)21-15-8-3-2-4-9-15)24-18-20-11-16(23-18)13-6-5-7-14(19)10-13/h2-12H,1H3,(H,21,22). The average molecular weight is 403 g/mol. The second-order valence-electron chi connectivity index (χ2n) is 5.12. The zero-order chi connectivity index (χ0) is 16.9. The largest absolute Gasteiger partial charge is 0.431 e. The summed E-state index contributed by atoms with van der Waals surface area (Å²) < 4.78 is 6.72. The van der Waals surface area contributed by atoms with Crippen LogP contribution in [0.3, 0.4) is 0 Å². The summed E-state index contributed by atoms with van der Waals surface area (Å²) in [5.41, 5.74) is 1.71. The van der Waals surface area contributed by atoms with Crippen LogP contribution in [-0.4, -0.2) is 16.1 Å². The van der Waals surface area contributed by atoms with E-state index in [1.165, 1.54) is 11.8 Å². The van der Waals surface area contributed by atoms with Gasteiger partial charge < -0.3 is 9.73 Å². The first kappa shape index (κ1) is 16.8. The van der Waals surface area contributed by atoms with Crippen LogP contribution >= 0.6 is 27.7 Å². The molecule has 0 aliphatic rings. The van der Waals surface area contributed by atoms with Crippen LogP contribution < -0.4 is 5.32 Å². The Bertz CT molecular complexity index is 836. The van der Waals surface area contributed by atoms with Crippen LogP contribution in [0.4, 0.5) is 5.69 Å². The molecule has 0 fully saturated rings. The van der Waals surface area contributed by atoms with Crippen molar-refractivity contribution in [2.45, 2.75) is 17.4 Å². The minimum absolute atomic E-state index is 0.0894. The monoisotopic (exact) mass is 402 g/mol. The van der Waals surface area contributed by atoms with Gasteiger partial charge in [-0.1, -0.05) is 58.0 Å². The fourth-order valence-electron chi connectivity index (χ4n) is 2.06. The lowest BCUT2D eigenvalue weighted by molar-refractivity contribution is -0.115. The lowest BCUT2D eigenvalue weighted by Crippen LogP contribution is -2.22. The number of thioether (sulfide) groups is 1. The third-order valence-corrected chi connectivity index (χ3v) is 4.73. The Kier molecular flexibility index (Phi) is 5.37. The topological polar surface area (TPSA) is 55.1 Å². The number of amides is 1. The van der Waals surface area contributed by atoms with Gasteiger partial charge in [-0.2, -0.15) is 0 Å². The van der Waals surface area contributed by atoms with Crippen molar-refractivity contribution in [2.24, 2.45) is 0 Å². The van der Waals surface area contributed by atoms with E-state index < -0.39 is 0 Å². The van der Waals surface area contributed by atoms with E-state index in [-0.39, 0.29) is 11.2 Å². The number of para-hydroxylation sites is 1. The van der Waals surface area contributed by atoms with E-state index in [9.17, 15) is 4.79 Å². The molecular formula is C18H15BrN2O2S. The summed E-state index contributed by atoms with van der Waals surface area (Å²) in [4.78, 5) is 16.5. The zero-order valence-electron chi connectivity index (χ0n) is 12.9. The van der Waals surface area contributed by atoms with E-state index in [2.05, 4.69) is 26.2 Å². The van der Waals surface area contributed by atoms with E-state index >= 15 is 0 Å². The van der Waals surface area contributed by atoms with Gasteiger partial charge in [-0.15, -0.1) is 0 Å². The van der Waals surface area contributed by atoms with Crippen molar-refractivity contribution in [3.8, 4) is 11.3 Å². The number of hydrogen-bond acceptors (Lipinski definition) is 4. The summed E-state index contributed by atoms with van der Waals surface area (Å²) in [7, 11) is 0. The number of anilines is 1. The number of oxazole rings is 1. The van der Waals surface area contributed by atoms with Gasteiger partial charge in [0.05, 0.1) is 11.4 Å². The molecule has 4 nitrogen and oxygen atoms in total. The molecule has 1 amide bonds. The predicted octanol–water partition coefficient (Wildman–Crippen LogP) is 5.22.